The van der Waals surface area contributed by atoms with Crippen molar-refractivity contribution < 1.29 is 13.2 Å². The van der Waals surface area contributed by atoms with Gasteiger partial charge in [-0.15, -0.1) is 0 Å². The molecule has 0 amide bonds. The highest BCUT2D eigenvalue weighted by Gasteiger charge is 2.35. The number of imidazole rings is 1. The van der Waals surface area contributed by atoms with Gasteiger partial charge >= 0.3 is 0 Å². The molecule has 5 rings (SSSR count). The van der Waals surface area contributed by atoms with Crippen LogP contribution in [-0.2, 0) is 13.1 Å². The number of nitrogens with one attached hydrogen (secondary N) is 1. The van der Waals surface area contributed by atoms with Gasteiger partial charge in [-0.1, -0.05) is 6.07 Å². The molecule has 0 spiro atoms. The third kappa shape index (κ3) is 3.38. The van der Waals surface area contributed by atoms with Crippen molar-refractivity contribution >= 4 is 0 Å². The smallest absolute Gasteiger partial charge is 0.194 e. The first kappa shape index (κ1) is 17.5. The summed E-state index contributed by atoms with van der Waals surface area (Å²) in [6.45, 7) is 5.87. The number of benzene rings is 1. The summed E-state index contributed by atoms with van der Waals surface area (Å²) in [5.41, 5.74) is 2.37. The van der Waals surface area contributed by atoms with Gasteiger partial charge in [-0.25, -0.2) is 18.2 Å². The molecule has 0 radical (unpaired) electrons. The van der Waals surface area contributed by atoms with Gasteiger partial charge in [-0.05, 0) is 31.7 Å². The van der Waals surface area contributed by atoms with Crippen LogP contribution in [0.25, 0.3) is 0 Å². The van der Waals surface area contributed by atoms with Crippen LogP contribution in [0.15, 0.2) is 18.5 Å². The van der Waals surface area contributed by atoms with Crippen LogP contribution in [0.2, 0.25) is 0 Å². The lowest BCUT2D eigenvalue weighted by Gasteiger charge is -2.36. The number of H-pyrrole nitrogens is 1. The van der Waals surface area contributed by atoms with Crippen LogP contribution in [0.1, 0.15) is 29.8 Å². The monoisotopic (exact) mass is 364 g/mol. The third-order valence-electron chi connectivity index (χ3n) is 5.70. The summed E-state index contributed by atoms with van der Waals surface area (Å²) in [5, 5.41) is 0. The Morgan fingerprint density at radius 1 is 1.08 bits per heavy atom. The lowest BCUT2D eigenvalue weighted by atomic mass is 9.94. The summed E-state index contributed by atoms with van der Waals surface area (Å²) in [7, 11) is 0. The number of rotatable bonds is 4. The Labute approximate surface area is 151 Å². The van der Waals surface area contributed by atoms with Gasteiger partial charge in [0.15, 0.2) is 17.5 Å². The zero-order valence-electron chi connectivity index (χ0n) is 14.8. The molecule has 0 unspecified atom stereocenters. The highest BCUT2D eigenvalue weighted by molar-refractivity contribution is 5.20. The summed E-state index contributed by atoms with van der Waals surface area (Å²) < 4.78 is 40.8. The Balaban J connectivity index is 1.48. The van der Waals surface area contributed by atoms with Gasteiger partial charge in [0.2, 0.25) is 0 Å². The minimum atomic E-state index is -1.38. The van der Waals surface area contributed by atoms with Gasteiger partial charge in [0.25, 0.3) is 0 Å². The van der Waals surface area contributed by atoms with E-state index in [0.717, 1.165) is 56.5 Å². The summed E-state index contributed by atoms with van der Waals surface area (Å²) in [4.78, 5) is 12.1. The van der Waals surface area contributed by atoms with E-state index in [2.05, 4.69) is 19.8 Å². The van der Waals surface area contributed by atoms with Gasteiger partial charge in [0.05, 0.1) is 12.0 Å². The molecule has 1 aromatic heterocycles. The molecule has 2 aromatic rings. The van der Waals surface area contributed by atoms with Crippen molar-refractivity contribution in [3.63, 3.8) is 0 Å². The fourth-order valence-corrected chi connectivity index (χ4v) is 4.26. The molecule has 3 aliphatic heterocycles. The zero-order chi connectivity index (χ0) is 18.3. The maximum absolute atomic E-state index is 14.1. The second-order valence-corrected chi connectivity index (χ2v) is 7.53. The number of hydrogen-bond acceptors (Lipinski definition) is 3. The maximum Gasteiger partial charge on any atom is 0.194 e. The first-order chi connectivity index (χ1) is 12.5. The number of aromatic amines is 1. The van der Waals surface area contributed by atoms with Crippen molar-refractivity contribution in [1.29, 1.82) is 0 Å². The van der Waals surface area contributed by atoms with E-state index >= 15 is 0 Å². The maximum atomic E-state index is 14.1. The molecule has 7 heteroatoms. The lowest BCUT2D eigenvalue weighted by Crippen LogP contribution is -2.43. The minimum Gasteiger partial charge on any atom is -0.348 e. The number of piperidine rings is 1. The van der Waals surface area contributed by atoms with Crippen LogP contribution in [0.3, 0.4) is 0 Å². The van der Waals surface area contributed by atoms with Crippen molar-refractivity contribution in [3.05, 3.63) is 52.9 Å². The molecule has 2 bridgehead atoms. The fourth-order valence-electron chi connectivity index (χ4n) is 4.26. The Morgan fingerprint density at radius 3 is 2.69 bits per heavy atom. The van der Waals surface area contributed by atoms with Gasteiger partial charge in [-0.3, -0.25) is 9.80 Å². The van der Waals surface area contributed by atoms with E-state index in [-0.39, 0.29) is 5.56 Å². The van der Waals surface area contributed by atoms with Crippen molar-refractivity contribution in [2.45, 2.75) is 38.9 Å². The first-order valence-electron chi connectivity index (χ1n) is 9.09. The highest BCUT2D eigenvalue weighted by atomic mass is 19.2. The molecule has 1 aromatic carbocycles. The molecule has 4 heterocycles. The number of halogens is 3. The topological polar surface area (TPSA) is 35.2 Å². The number of aryl methyl sites for hydroxylation is 1. The second kappa shape index (κ2) is 7.04. The normalized spacial score (nSPS) is 24.2. The van der Waals surface area contributed by atoms with E-state index in [1.807, 2.05) is 6.92 Å². The quantitative estimate of drug-likeness (QED) is 0.846. The predicted molar refractivity (Wildman–Crippen MR) is 91.8 cm³/mol. The highest BCUT2D eigenvalue weighted by Crippen LogP contribution is 2.30. The van der Waals surface area contributed by atoms with Gasteiger partial charge < -0.3 is 4.98 Å². The summed E-state index contributed by atoms with van der Waals surface area (Å²) in [5.74, 6) is -3.07. The fraction of sp³-hybridized carbons (Fsp3) is 0.526. The van der Waals surface area contributed by atoms with Crippen LogP contribution >= 0.6 is 0 Å². The van der Waals surface area contributed by atoms with Crippen molar-refractivity contribution in [1.82, 2.24) is 19.8 Å². The molecular formula is C19H23F3N4. The van der Waals surface area contributed by atoms with E-state index in [1.165, 1.54) is 6.07 Å². The summed E-state index contributed by atoms with van der Waals surface area (Å²) in [6.07, 6.45) is 3.92. The number of nitrogens with zero attached hydrogens (tertiary/aromatic N) is 3. The molecular weight excluding hydrogens is 341 g/mol. The molecule has 2 atom stereocenters. The van der Waals surface area contributed by atoms with Crippen LogP contribution < -0.4 is 0 Å². The Hall–Kier alpha value is -1.86. The van der Waals surface area contributed by atoms with Crippen LogP contribution in [0, 0.1) is 30.3 Å². The van der Waals surface area contributed by atoms with Crippen molar-refractivity contribution in [2.24, 2.45) is 5.92 Å². The first-order valence-corrected chi connectivity index (χ1v) is 9.09. The average Bonchev–Trinajstić information content (AvgIpc) is 2.83. The van der Waals surface area contributed by atoms with Gasteiger partial charge in [0, 0.05) is 50.0 Å². The largest absolute Gasteiger partial charge is 0.348 e. The van der Waals surface area contributed by atoms with Gasteiger partial charge in [-0.2, -0.15) is 0 Å². The van der Waals surface area contributed by atoms with Crippen molar-refractivity contribution in [3.8, 4) is 0 Å². The van der Waals surface area contributed by atoms with Crippen LogP contribution in [0.5, 0.6) is 0 Å². The third-order valence-corrected chi connectivity index (χ3v) is 5.70. The number of fused-ring (bicyclic) bond motifs is 4. The molecule has 3 saturated heterocycles. The molecule has 4 nitrogen and oxygen atoms in total. The van der Waals surface area contributed by atoms with E-state index in [0.29, 0.717) is 18.5 Å². The molecule has 0 saturated carbocycles. The van der Waals surface area contributed by atoms with Crippen LogP contribution in [-0.4, -0.2) is 45.4 Å². The molecule has 3 fully saturated rings. The Bertz CT molecular complexity index is 791. The number of hydrogen-bond donors (Lipinski definition) is 1. The predicted octanol–water partition coefficient (Wildman–Crippen LogP) is 3.23. The standard InChI is InChI=1S/C19H23F3N4/c1-12-17(24-11-23-12)10-25-6-13-2-4-15(9-25)26(7-13)8-14-3-5-16(20)19(22)18(14)21/h3,5,11,13,15H,2,4,6-10H2,1H3,(H,23,24)/t13-,15+/m0/s1. The van der Waals surface area contributed by atoms with E-state index < -0.39 is 17.5 Å². The Morgan fingerprint density at radius 2 is 1.92 bits per heavy atom. The lowest BCUT2D eigenvalue weighted by molar-refractivity contribution is 0.121. The van der Waals surface area contributed by atoms with Crippen molar-refractivity contribution in [2.75, 3.05) is 19.6 Å². The second-order valence-electron chi connectivity index (χ2n) is 7.53. The van der Waals surface area contributed by atoms with Gasteiger partial charge in [0.1, 0.15) is 0 Å². The van der Waals surface area contributed by atoms with Crippen LogP contribution in [0.4, 0.5) is 13.2 Å². The summed E-state index contributed by atoms with van der Waals surface area (Å²) >= 11 is 0. The summed E-state index contributed by atoms with van der Waals surface area (Å²) in [6, 6.07) is 2.66. The number of aromatic nitrogens is 2. The molecule has 26 heavy (non-hydrogen) atoms. The van der Waals surface area contributed by atoms with E-state index in [1.54, 1.807) is 6.33 Å². The molecule has 0 aliphatic carbocycles. The average molecular weight is 364 g/mol. The Kier molecular flexibility index (Phi) is 4.75. The SMILES string of the molecule is Cc1[nH]cnc1CN1C[C@@H]2CC[C@H](C1)N(Cc1ccc(F)c(F)c1F)C2. The molecule has 140 valence electrons. The zero-order valence-corrected chi connectivity index (χ0v) is 14.8. The van der Waals surface area contributed by atoms with E-state index in [9.17, 15) is 13.2 Å². The molecule has 1 N–H and O–H groups in total. The molecule has 3 aliphatic rings. The minimum absolute atomic E-state index is 0.228. The van der Waals surface area contributed by atoms with E-state index in [4.69, 9.17) is 0 Å².